The molecule has 1 saturated heterocycles. The summed E-state index contributed by atoms with van der Waals surface area (Å²) in [5, 5.41) is 2.88. The predicted molar refractivity (Wildman–Crippen MR) is 101 cm³/mol. The third kappa shape index (κ3) is 4.44. The Morgan fingerprint density at radius 3 is 2.59 bits per heavy atom. The van der Waals surface area contributed by atoms with Crippen molar-refractivity contribution in [2.75, 3.05) is 39.3 Å². The third-order valence-corrected chi connectivity index (χ3v) is 5.09. The number of nitrogens with zero attached hydrogens (tertiary/aromatic N) is 4. The molecule has 1 fully saturated rings. The maximum atomic E-state index is 13.7. The molecular weight excluding hydrogens is 352 g/mol. The van der Waals surface area contributed by atoms with Crippen LogP contribution < -0.4 is 5.32 Å². The van der Waals surface area contributed by atoms with Gasteiger partial charge in [0.25, 0.3) is 0 Å². The second-order valence-corrected chi connectivity index (χ2v) is 6.94. The molecule has 148 valence electrons. The lowest BCUT2D eigenvalue weighted by Crippen LogP contribution is -2.50. The van der Waals surface area contributed by atoms with Crippen LogP contribution in [0.5, 0.6) is 0 Å². The van der Waals surface area contributed by atoms with Gasteiger partial charge in [-0.2, -0.15) is 8.78 Å². The molecule has 2 aromatic rings. The van der Waals surface area contributed by atoms with Gasteiger partial charge in [-0.1, -0.05) is 19.1 Å². The van der Waals surface area contributed by atoms with Gasteiger partial charge in [-0.3, -0.25) is 19.2 Å². The monoisotopic (exact) mass is 379 g/mol. The first-order chi connectivity index (χ1) is 13.0. The van der Waals surface area contributed by atoms with Crippen LogP contribution in [0.3, 0.4) is 0 Å². The SMILES string of the molecule is CCCNC(=O)CN1CCN([C@@H](C)c2nc3ccccc3n2C(F)F)CC1. The summed E-state index contributed by atoms with van der Waals surface area (Å²) in [6.07, 6.45) is 0.919. The van der Waals surface area contributed by atoms with Gasteiger partial charge in [0.2, 0.25) is 5.91 Å². The van der Waals surface area contributed by atoms with E-state index in [1.165, 1.54) is 0 Å². The third-order valence-electron chi connectivity index (χ3n) is 5.09. The molecule has 1 aromatic heterocycles. The largest absolute Gasteiger partial charge is 0.355 e. The van der Waals surface area contributed by atoms with E-state index in [0.717, 1.165) is 24.1 Å². The van der Waals surface area contributed by atoms with E-state index in [0.29, 0.717) is 43.0 Å². The first-order valence-electron chi connectivity index (χ1n) is 9.49. The number of carbonyl (C=O) groups is 1. The van der Waals surface area contributed by atoms with E-state index in [4.69, 9.17) is 0 Å². The van der Waals surface area contributed by atoms with Gasteiger partial charge in [0.05, 0.1) is 23.6 Å². The van der Waals surface area contributed by atoms with Gasteiger partial charge in [0.15, 0.2) is 0 Å². The lowest BCUT2D eigenvalue weighted by Gasteiger charge is -2.37. The van der Waals surface area contributed by atoms with Gasteiger partial charge in [-0.15, -0.1) is 0 Å². The Labute approximate surface area is 158 Å². The topological polar surface area (TPSA) is 53.4 Å². The number of aromatic nitrogens is 2. The highest BCUT2D eigenvalue weighted by molar-refractivity contribution is 5.78. The molecule has 2 heterocycles. The minimum atomic E-state index is -2.63. The van der Waals surface area contributed by atoms with Crippen LogP contribution in [0.4, 0.5) is 8.78 Å². The number of piperazine rings is 1. The number of amides is 1. The van der Waals surface area contributed by atoms with Crippen LogP contribution in [-0.4, -0.2) is 64.5 Å². The molecule has 0 spiro atoms. The van der Waals surface area contributed by atoms with Crippen LogP contribution in [0, 0.1) is 0 Å². The summed E-state index contributed by atoms with van der Waals surface area (Å²) in [6.45, 7) is 5.30. The second kappa shape index (κ2) is 8.75. The van der Waals surface area contributed by atoms with Gasteiger partial charge >= 0.3 is 6.55 Å². The molecule has 1 aliphatic heterocycles. The summed E-state index contributed by atoms with van der Waals surface area (Å²) >= 11 is 0. The van der Waals surface area contributed by atoms with Crippen molar-refractivity contribution in [3.63, 3.8) is 0 Å². The fourth-order valence-corrected chi connectivity index (χ4v) is 3.56. The van der Waals surface area contributed by atoms with Crippen LogP contribution in [0.1, 0.15) is 38.7 Å². The van der Waals surface area contributed by atoms with Crippen LogP contribution >= 0.6 is 0 Å². The second-order valence-electron chi connectivity index (χ2n) is 6.94. The zero-order valence-corrected chi connectivity index (χ0v) is 15.9. The molecule has 1 aromatic carbocycles. The number of alkyl halides is 2. The van der Waals surface area contributed by atoms with Crippen molar-refractivity contribution in [3.8, 4) is 0 Å². The molecule has 0 radical (unpaired) electrons. The van der Waals surface area contributed by atoms with Gasteiger partial charge in [0, 0.05) is 32.7 Å². The van der Waals surface area contributed by atoms with Gasteiger partial charge in [-0.25, -0.2) is 4.98 Å². The molecule has 6 nitrogen and oxygen atoms in total. The smallest absolute Gasteiger partial charge is 0.320 e. The Balaban J connectivity index is 1.66. The maximum Gasteiger partial charge on any atom is 0.320 e. The summed E-state index contributed by atoms with van der Waals surface area (Å²) in [7, 11) is 0. The summed E-state index contributed by atoms with van der Waals surface area (Å²) < 4.78 is 28.4. The minimum absolute atomic E-state index is 0.0397. The Morgan fingerprint density at radius 2 is 1.93 bits per heavy atom. The van der Waals surface area contributed by atoms with Gasteiger partial charge in [0.1, 0.15) is 5.82 Å². The fraction of sp³-hybridized carbons (Fsp3) is 0.579. The Kier molecular flexibility index (Phi) is 6.38. The number of hydrogen-bond donors (Lipinski definition) is 1. The number of imidazole rings is 1. The van der Waals surface area contributed by atoms with E-state index in [2.05, 4.69) is 20.1 Å². The summed E-state index contributed by atoms with van der Waals surface area (Å²) in [4.78, 5) is 20.6. The Hall–Kier alpha value is -2.06. The van der Waals surface area contributed by atoms with Crippen molar-refractivity contribution in [3.05, 3.63) is 30.1 Å². The molecule has 8 heteroatoms. The standard InChI is InChI=1S/C19H27F2N5O/c1-3-8-22-17(27)13-24-9-11-25(12-10-24)14(2)18-23-15-6-4-5-7-16(15)26(18)19(20)21/h4-7,14,19H,3,8-13H2,1-2H3,(H,22,27)/t14-/m0/s1. The van der Waals surface area contributed by atoms with Crippen LogP contribution in [0.15, 0.2) is 24.3 Å². The van der Waals surface area contributed by atoms with Crippen LogP contribution in [0.25, 0.3) is 11.0 Å². The average molecular weight is 379 g/mol. The number of rotatable bonds is 7. The van der Waals surface area contributed by atoms with Crippen molar-refractivity contribution < 1.29 is 13.6 Å². The lowest BCUT2D eigenvalue weighted by atomic mass is 10.2. The minimum Gasteiger partial charge on any atom is -0.355 e. The Morgan fingerprint density at radius 1 is 1.22 bits per heavy atom. The number of carbonyl (C=O) groups excluding carboxylic acids is 1. The average Bonchev–Trinajstić information content (AvgIpc) is 3.06. The van der Waals surface area contributed by atoms with Gasteiger partial charge < -0.3 is 5.32 Å². The highest BCUT2D eigenvalue weighted by Gasteiger charge is 2.28. The first-order valence-corrected chi connectivity index (χ1v) is 9.49. The van der Waals surface area contributed by atoms with E-state index >= 15 is 0 Å². The molecule has 1 aliphatic rings. The van der Waals surface area contributed by atoms with Crippen molar-refractivity contribution in [2.24, 2.45) is 0 Å². The summed E-state index contributed by atoms with van der Waals surface area (Å²) in [5.41, 5.74) is 1.05. The number of para-hydroxylation sites is 2. The zero-order chi connectivity index (χ0) is 19.4. The molecule has 0 unspecified atom stereocenters. The number of nitrogens with one attached hydrogen (secondary N) is 1. The molecule has 0 bridgehead atoms. The highest BCUT2D eigenvalue weighted by Crippen LogP contribution is 2.29. The summed E-state index contributed by atoms with van der Waals surface area (Å²) in [6, 6.07) is 6.78. The normalized spacial score (nSPS) is 17.5. The Bertz CT molecular complexity index is 771. The van der Waals surface area contributed by atoms with Crippen molar-refractivity contribution in [2.45, 2.75) is 32.9 Å². The molecule has 0 saturated carbocycles. The number of halogens is 2. The van der Waals surface area contributed by atoms with Crippen LogP contribution in [-0.2, 0) is 4.79 Å². The molecule has 1 amide bonds. The highest BCUT2D eigenvalue weighted by atomic mass is 19.3. The van der Waals surface area contributed by atoms with Crippen molar-refractivity contribution in [1.29, 1.82) is 0 Å². The molecule has 27 heavy (non-hydrogen) atoms. The van der Waals surface area contributed by atoms with Gasteiger partial charge in [-0.05, 0) is 25.5 Å². The van der Waals surface area contributed by atoms with E-state index in [1.807, 2.05) is 19.9 Å². The number of fused-ring (bicyclic) bond motifs is 1. The number of benzene rings is 1. The molecule has 3 rings (SSSR count). The zero-order valence-electron chi connectivity index (χ0n) is 15.9. The molecule has 1 atom stereocenters. The first kappa shape index (κ1) is 19.7. The van der Waals surface area contributed by atoms with E-state index in [-0.39, 0.29) is 11.9 Å². The maximum absolute atomic E-state index is 13.7. The predicted octanol–water partition coefficient (Wildman–Crippen LogP) is 2.64. The van der Waals surface area contributed by atoms with Crippen molar-refractivity contribution in [1.82, 2.24) is 24.7 Å². The number of hydrogen-bond acceptors (Lipinski definition) is 4. The van der Waals surface area contributed by atoms with Crippen molar-refractivity contribution >= 4 is 16.9 Å². The fourth-order valence-electron chi connectivity index (χ4n) is 3.56. The van der Waals surface area contributed by atoms with E-state index in [9.17, 15) is 13.6 Å². The lowest BCUT2D eigenvalue weighted by molar-refractivity contribution is -0.122. The molecular formula is C19H27F2N5O. The quantitative estimate of drug-likeness (QED) is 0.804. The molecule has 1 N–H and O–H groups in total. The summed E-state index contributed by atoms with van der Waals surface area (Å²) in [5.74, 6) is 0.429. The van der Waals surface area contributed by atoms with E-state index < -0.39 is 6.55 Å². The van der Waals surface area contributed by atoms with E-state index in [1.54, 1.807) is 18.2 Å². The van der Waals surface area contributed by atoms with Crippen LogP contribution in [0.2, 0.25) is 0 Å². The molecule has 0 aliphatic carbocycles.